The zero-order chi connectivity index (χ0) is 19.3. The molecule has 9 heteroatoms. The van der Waals surface area contributed by atoms with E-state index in [-0.39, 0.29) is 5.70 Å². The van der Waals surface area contributed by atoms with E-state index in [0.29, 0.717) is 28.1 Å². The third-order valence-corrected chi connectivity index (χ3v) is 4.10. The number of rotatable bonds is 7. The van der Waals surface area contributed by atoms with Crippen LogP contribution in [0.25, 0.3) is 6.08 Å². The summed E-state index contributed by atoms with van der Waals surface area (Å²) in [6.07, 6.45) is 3.08. The predicted octanol–water partition coefficient (Wildman–Crippen LogP) is 2.09. The van der Waals surface area contributed by atoms with Crippen LogP contribution in [0.2, 0.25) is 0 Å². The van der Waals surface area contributed by atoms with Gasteiger partial charge in [0.25, 0.3) is 5.91 Å². The second-order valence-electron chi connectivity index (χ2n) is 5.08. The third kappa shape index (κ3) is 4.23. The van der Waals surface area contributed by atoms with Crippen molar-refractivity contribution in [1.82, 2.24) is 10.2 Å². The van der Waals surface area contributed by atoms with Crippen LogP contribution in [0.15, 0.2) is 35.0 Å². The van der Waals surface area contributed by atoms with Gasteiger partial charge in [-0.1, -0.05) is 28.6 Å². The van der Waals surface area contributed by atoms with Gasteiger partial charge in [0.05, 0.1) is 14.2 Å². The fraction of sp³-hybridized carbons (Fsp3) is 0.235. The van der Waals surface area contributed by atoms with E-state index in [1.807, 2.05) is 0 Å². The molecule has 0 radical (unpaired) electrons. The number of urea groups is 1. The Morgan fingerprint density at radius 2 is 2.04 bits per heavy atom. The molecule has 0 bridgehead atoms. The maximum atomic E-state index is 12.3. The molecule has 2 rings (SSSR count). The molecule has 138 valence electrons. The lowest BCUT2D eigenvalue weighted by atomic mass is 10.1. The number of carbonyl (C=O) groups is 3. The van der Waals surface area contributed by atoms with Gasteiger partial charge in [-0.3, -0.25) is 9.59 Å². The van der Waals surface area contributed by atoms with Gasteiger partial charge in [0, 0.05) is 4.47 Å². The second kappa shape index (κ2) is 8.52. The van der Waals surface area contributed by atoms with E-state index >= 15 is 0 Å². The highest BCUT2D eigenvalue weighted by Crippen LogP contribution is 2.35. The molecule has 1 heterocycles. The van der Waals surface area contributed by atoms with E-state index in [0.717, 1.165) is 4.90 Å². The first-order valence-corrected chi connectivity index (χ1v) is 8.23. The predicted molar refractivity (Wildman–Crippen MR) is 96.6 cm³/mol. The minimum atomic E-state index is -0.694. The van der Waals surface area contributed by atoms with Crippen LogP contribution < -0.4 is 14.8 Å². The van der Waals surface area contributed by atoms with Crippen LogP contribution >= 0.6 is 15.9 Å². The number of imide groups is 1. The lowest BCUT2D eigenvalue weighted by Gasteiger charge is -2.12. The lowest BCUT2D eigenvalue weighted by Crippen LogP contribution is -2.36. The number of hydrogen-bond acceptors (Lipinski definition) is 6. The fourth-order valence-corrected chi connectivity index (χ4v) is 2.58. The number of ether oxygens (including phenoxy) is 3. The van der Waals surface area contributed by atoms with Crippen molar-refractivity contribution >= 4 is 39.9 Å². The number of carbonyl (C=O) groups excluding carboxylic acids is 3. The maximum absolute atomic E-state index is 12.3. The number of halogens is 1. The summed E-state index contributed by atoms with van der Waals surface area (Å²) in [7, 11) is 2.67. The van der Waals surface area contributed by atoms with Crippen molar-refractivity contribution < 1.29 is 28.6 Å². The summed E-state index contributed by atoms with van der Waals surface area (Å²) in [4.78, 5) is 36.3. The maximum Gasteiger partial charge on any atom is 0.329 e. The monoisotopic (exact) mass is 424 g/mol. The minimum Gasteiger partial charge on any atom is -0.493 e. The van der Waals surface area contributed by atoms with Crippen LogP contribution in [0.3, 0.4) is 0 Å². The summed E-state index contributed by atoms with van der Waals surface area (Å²) in [6.45, 7) is 3.43. The van der Waals surface area contributed by atoms with Gasteiger partial charge >= 0.3 is 12.0 Å². The van der Waals surface area contributed by atoms with Gasteiger partial charge in [-0.05, 0) is 23.8 Å². The van der Waals surface area contributed by atoms with Crippen LogP contribution in [0, 0.1) is 0 Å². The Bertz CT molecular complexity index is 790. The summed E-state index contributed by atoms with van der Waals surface area (Å²) in [5.41, 5.74) is 0.609. The molecule has 0 aliphatic carbocycles. The Morgan fingerprint density at radius 1 is 1.31 bits per heavy atom. The van der Waals surface area contributed by atoms with E-state index < -0.39 is 24.5 Å². The molecule has 1 aromatic carbocycles. The molecule has 1 N–H and O–H groups in total. The number of hydrogen-bond donors (Lipinski definition) is 1. The van der Waals surface area contributed by atoms with Crippen molar-refractivity contribution in [2.24, 2.45) is 0 Å². The van der Waals surface area contributed by atoms with E-state index in [9.17, 15) is 14.4 Å². The molecule has 3 amide bonds. The average molecular weight is 425 g/mol. The van der Waals surface area contributed by atoms with Crippen LogP contribution in [0.5, 0.6) is 11.5 Å². The van der Waals surface area contributed by atoms with E-state index in [4.69, 9.17) is 9.47 Å². The van der Waals surface area contributed by atoms with Crippen molar-refractivity contribution in [3.05, 3.63) is 40.5 Å². The minimum absolute atomic E-state index is 0.0291. The Balaban J connectivity index is 2.31. The molecule has 26 heavy (non-hydrogen) atoms. The van der Waals surface area contributed by atoms with Gasteiger partial charge in [0.1, 0.15) is 18.8 Å². The zero-order valence-corrected chi connectivity index (χ0v) is 15.8. The number of amides is 3. The first-order valence-electron chi connectivity index (χ1n) is 7.43. The van der Waals surface area contributed by atoms with E-state index in [2.05, 4.69) is 32.6 Å². The van der Waals surface area contributed by atoms with Gasteiger partial charge in [0.15, 0.2) is 11.5 Å². The Labute approximate surface area is 158 Å². The number of benzene rings is 1. The summed E-state index contributed by atoms with van der Waals surface area (Å²) in [6, 6.07) is 2.64. The molecule has 1 aliphatic heterocycles. The molecule has 1 saturated heterocycles. The summed E-state index contributed by atoms with van der Waals surface area (Å²) < 4.78 is 15.9. The summed E-state index contributed by atoms with van der Waals surface area (Å²) >= 11 is 3.39. The van der Waals surface area contributed by atoms with Crippen molar-refractivity contribution in [2.75, 3.05) is 27.4 Å². The number of esters is 1. The highest BCUT2D eigenvalue weighted by molar-refractivity contribution is 9.10. The fourth-order valence-electron chi connectivity index (χ4n) is 2.15. The Kier molecular flexibility index (Phi) is 6.40. The van der Waals surface area contributed by atoms with Crippen LogP contribution in [0.4, 0.5) is 4.79 Å². The zero-order valence-electron chi connectivity index (χ0n) is 14.2. The number of nitrogens with zero attached hydrogens (tertiary/aromatic N) is 1. The van der Waals surface area contributed by atoms with Crippen molar-refractivity contribution in [1.29, 1.82) is 0 Å². The quantitative estimate of drug-likeness (QED) is 0.311. The first-order chi connectivity index (χ1) is 12.4. The third-order valence-electron chi connectivity index (χ3n) is 3.42. The second-order valence-corrected chi connectivity index (χ2v) is 5.93. The highest BCUT2D eigenvalue weighted by atomic mass is 79.9. The molecular formula is C17H17BrN2O6. The SMILES string of the molecule is C=CCOc1cc(Br)c(/C=C2/NC(=O)N(CC(=O)OC)C2=O)cc1OC. The molecule has 0 atom stereocenters. The van der Waals surface area contributed by atoms with Gasteiger partial charge in [-0.2, -0.15) is 0 Å². The lowest BCUT2D eigenvalue weighted by molar-refractivity contribution is -0.143. The molecule has 0 unspecified atom stereocenters. The molecule has 0 saturated carbocycles. The average Bonchev–Trinajstić information content (AvgIpc) is 2.88. The topological polar surface area (TPSA) is 94.2 Å². The van der Waals surface area contributed by atoms with Crippen LogP contribution in [-0.4, -0.2) is 50.2 Å². The van der Waals surface area contributed by atoms with Gasteiger partial charge in [0.2, 0.25) is 0 Å². The molecule has 1 aromatic rings. The molecule has 0 spiro atoms. The largest absolute Gasteiger partial charge is 0.493 e. The molecule has 1 fully saturated rings. The smallest absolute Gasteiger partial charge is 0.329 e. The normalized spacial score (nSPS) is 15.0. The first kappa shape index (κ1) is 19.5. The van der Waals surface area contributed by atoms with Crippen LogP contribution in [0.1, 0.15) is 5.56 Å². The Hall–Kier alpha value is -2.81. The van der Waals surface area contributed by atoms with Gasteiger partial charge in [-0.15, -0.1) is 0 Å². The highest BCUT2D eigenvalue weighted by Gasteiger charge is 2.35. The van der Waals surface area contributed by atoms with Crippen molar-refractivity contribution in [3.8, 4) is 11.5 Å². The van der Waals surface area contributed by atoms with E-state index in [1.54, 1.807) is 18.2 Å². The van der Waals surface area contributed by atoms with Gasteiger partial charge in [-0.25, -0.2) is 9.69 Å². The van der Waals surface area contributed by atoms with Crippen molar-refractivity contribution in [2.45, 2.75) is 0 Å². The molecule has 8 nitrogen and oxygen atoms in total. The summed E-state index contributed by atoms with van der Waals surface area (Å²) in [5, 5.41) is 2.43. The standard InChI is InChI=1S/C17H17BrN2O6/c1-4-5-26-14-8-11(18)10(7-13(14)24-2)6-12-16(22)20(17(23)19-12)9-15(21)25-3/h4,6-8H,1,5,9H2,2-3H3,(H,19,23)/b12-6+. The Morgan fingerprint density at radius 3 is 2.65 bits per heavy atom. The number of nitrogens with one attached hydrogen (secondary N) is 1. The number of methoxy groups -OCH3 is 2. The molecule has 0 aromatic heterocycles. The molecular weight excluding hydrogens is 408 g/mol. The van der Waals surface area contributed by atoms with E-state index in [1.165, 1.54) is 20.3 Å². The summed E-state index contributed by atoms with van der Waals surface area (Å²) in [5.74, 6) is -0.375. The van der Waals surface area contributed by atoms with Crippen molar-refractivity contribution in [3.63, 3.8) is 0 Å². The van der Waals surface area contributed by atoms with Gasteiger partial charge < -0.3 is 19.5 Å². The molecule has 1 aliphatic rings. The van der Waals surface area contributed by atoms with Crippen LogP contribution in [-0.2, 0) is 14.3 Å².